The second-order valence-corrected chi connectivity index (χ2v) is 9.54. The normalized spacial score (nSPS) is 18.4. The Bertz CT molecular complexity index is 1140. The van der Waals surface area contributed by atoms with Crippen LogP contribution in [0.15, 0.2) is 48.7 Å². The zero-order valence-electron chi connectivity index (χ0n) is 20.0. The SMILES string of the molecule is CC(C)CN(Cc1ccc2c(c1)OCCO2)C(=O)C1CN(Cc2c[nH]c3ccccc23)CCO1. The summed E-state index contributed by atoms with van der Waals surface area (Å²) in [7, 11) is 0. The molecule has 2 aliphatic rings. The number of nitrogens with one attached hydrogen (secondary N) is 1. The number of nitrogens with zero attached hydrogens (tertiary/aromatic N) is 2. The van der Waals surface area contributed by atoms with E-state index in [2.05, 4.69) is 48.1 Å². The van der Waals surface area contributed by atoms with E-state index in [1.807, 2.05) is 29.2 Å². The number of ether oxygens (including phenoxy) is 3. The fourth-order valence-corrected chi connectivity index (χ4v) is 4.78. The van der Waals surface area contributed by atoms with E-state index < -0.39 is 6.10 Å². The highest BCUT2D eigenvalue weighted by Gasteiger charge is 2.31. The number of para-hydroxylation sites is 1. The molecule has 1 fully saturated rings. The summed E-state index contributed by atoms with van der Waals surface area (Å²) in [5, 5.41) is 1.23. The van der Waals surface area contributed by atoms with Crippen molar-refractivity contribution in [1.29, 1.82) is 0 Å². The fourth-order valence-electron chi connectivity index (χ4n) is 4.78. The first-order valence-corrected chi connectivity index (χ1v) is 12.1. The molecule has 2 aromatic carbocycles. The molecular weight excluding hydrogens is 430 g/mol. The van der Waals surface area contributed by atoms with Gasteiger partial charge < -0.3 is 24.1 Å². The summed E-state index contributed by atoms with van der Waals surface area (Å²) >= 11 is 0. The van der Waals surface area contributed by atoms with Crippen molar-refractivity contribution in [2.75, 3.05) is 39.5 Å². The van der Waals surface area contributed by atoms with Crippen LogP contribution in [-0.4, -0.2) is 66.2 Å². The van der Waals surface area contributed by atoms with Gasteiger partial charge in [0, 0.05) is 49.8 Å². The first-order chi connectivity index (χ1) is 16.6. The van der Waals surface area contributed by atoms with Crippen LogP contribution in [0.3, 0.4) is 0 Å². The predicted octanol–water partition coefficient (Wildman–Crippen LogP) is 3.82. The Kier molecular flexibility index (Phi) is 6.74. The molecule has 0 radical (unpaired) electrons. The van der Waals surface area contributed by atoms with Gasteiger partial charge in [-0.1, -0.05) is 38.1 Å². The fraction of sp³-hybridized carbons (Fsp3) is 0.444. The lowest BCUT2D eigenvalue weighted by atomic mass is 10.1. The van der Waals surface area contributed by atoms with Gasteiger partial charge in [-0.2, -0.15) is 0 Å². The van der Waals surface area contributed by atoms with Crippen molar-refractivity contribution in [3.8, 4) is 11.5 Å². The van der Waals surface area contributed by atoms with Gasteiger partial charge in [-0.15, -0.1) is 0 Å². The Morgan fingerprint density at radius 2 is 1.94 bits per heavy atom. The van der Waals surface area contributed by atoms with Crippen molar-refractivity contribution in [2.24, 2.45) is 5.92 Å². The van der Waals surface area contributed by atoms with Crippen LogP contribution in [-0.2, 0) is 22.6 Å². The number of aromatic amines is 1. The van der Waals surface area contributed by atoms with Gasteiger partial charge in [0.05, 0.1) is 6.61 Å². The van der Waals surface area contributed by atoms with E-state index in [0.29, 0.717) is 45.4 Å². The first kappa shape index (κ1) is 22.7. The predicted molar refractivity (Wildman–Crippen MR) is 131 cm³/mol. The van der Waals surface area contributed by atoms with E-state index in [1.165, 1.54) is 10.9 Å². The van der Waals surface area contributed by atoms with E-state index in [1.54, 1.807) is 0 Å². The van der Waals surface area contributed by atoms with Gasteiger partial charge in [-0.05, 0) is 35.2 Å². The second-order valence-electron chi connectivity index (χ2n) is 9.54. The van der Waals surface area contributed by atoms with Gasteiger partial charge in [0.25, 0.3) is 5.91 Å². The topological polar surface area (TPSA) is 67.0 Å². The van der Waals surface area contributed by atoms with Crippen molar-refractivity contribution in [3.05, 3.63) is 59.8 Å². The molecule has 34 heavy (non-hydrogen) atoms. The molecule has 7 heteroatoms. The van der Waals surface area contributed by atoms with Crippen LogP contribution in [0.5, 0.6) is 11.5 Å². The summed E-state index contributed by atoms with van der Waals surface area (Å²) in [5.41, 5.74) is 3.42. The van der Waals surface area contributed by atoms with Gasteiger partial charge in [0.15, 0.2) is 11.5 Å². The molecule has 1 N–H and O–H groups in total. The summed E-state index contributed by atoms with van der Waals surface area (Å²) in [4.78, 5) is 21.2. The molecule has 3 heterocycles. The highest BCUT2D eigenvalue weighted by molar-refractivity contribution is 5.83. The van der Waals surface area contributed by atoms with Crippen LogP contribution < -0.4 is 9.47 Å². The zero-order chi connectivity index (χ0) is 23.5. The molecule has 1 atom stereocenters. The smallest absolute Gasteiger partial charge is 0.253 e. The highest BCUT2D eigenvalue weighted by atomic mass is 16.6. The van der Waals surface area contributed by atoms with Gasteiger partial charge in [-0.3, -0.25) is 9.69 Å². The molecule has 0 aliphatic carbocycles. The maximum Gasteiger partial charge on any atom is 0.253 e. The number of fused-ring (bicyclic) bond motifs is 2. The average molecular weight is 464 g/mol. The molecule has 0 spiro atoms. The molecule has 3 aromatic rings. The minimum atomic E-state index is -0.463. The second kappa shape index (κ2) is 10.1. The number of H-pyrrole nitrogens is 1. The van der Waals surface area contributed by atoms with Crippen LogP contribution in [0.2, 0.25) is 0 Å². The van der Waals surface area contributed by atoms with E-state index in [-0.39, 0.29) is 5.91 Å². The van der Waals surface area contributed by atoms with E-state index >= 15 is 0 Å². The van der Waals surface area contributed by atoms with Crippen LogP contribution in [0.4, 0.5) is 0 Å². The van der Waals surface area contributed by atoms with E-state index in [0.717, 1.165) is 35.7 Å². The summed E-state index contributed by atoms with van der Waals surface area (Å²) in [5.74, 6) is 1.92. The van der Waals surface area contributed by atoms with Gasteiger partial charge in [-0.25, -0.2) is 0 Å². The van der Waals surface area contributed by atoms with Crippen molar-refractivity contribution in [1.82, 2.24) is 14.8 Å². The molecule has 5 rings (SSSR count). The van der Waals surface area contributed by atoms with Crippen molar-refractivity contribution >= 4 is 16.8 Å². The first-order valence-electron chi connectivity index (χ1n) is 12.1. The summed E-state index contributed by atoms with van der Waals surface area (Å²) in [6, 6.07) is 14.3. The Morgan fingerprint density at radius 3 is 2.79 bits per heavy atom. The Labute approximate surface area is 200 Å². The molecule has 0 saturated carbocycles. The lowest BCUT2D eigenvalue weighted by molar-refractivity contribution is -0.151. The van der Waals surface area contributed by atoms with Crippen molar-refractivity contribution in [3.63, 3.8) is 0 Å². The third-order valence-corrected chi connectivity index (χ3v) is 6.37. The van der Waals surface area contributed by atoms with Gasteiger partial charge in [0.1, 0.15) is 19.3 Å². The Morgan fingerprint density at radius 1 is 1.12 bits per heavy atom. The van der Waals surface area contributed by atoms with Crippen LogP contribution in [0, 0.1) is 5.92 Å². The minimum Gasteiger partial charge on any atom is -0.486 e. The maximum absolute atomic E-state index is 13.6. The van der Waals surface area contributed by atoms with E-state index in [9.17, 15) is 4.79 Å². The molecule has 1 saturated heterocycles. The van der Waals surface area contributed by atoms with Gasteiger partial charge >= 0.3 is 0 Å². The van der Waals surface area contributed by atoms with Crippen LogP contribution in [0.1, 0.15) is 25.0 Å². The number of hydrogen-bond donors (Lipinski definition) is 1. The molecule has 7 nitrogen and oxygen atoms in total. The number of morpholine rings is 1. The third kappa shape index (κ3) is 5.05. The monoisotopic (exact) mass is 463 g/mol. The van der Waals surface area contributed by atoms with Crippen molar-refractivity contribution < 1.29 is 19.0 Å². The Balaban J connectivity index is 1.28. The zero-order valence-corrected chi connectivity index (χ0v) is 20.0. The molecule has 1 amide bonds. The molecule has 1 aromatic heterocycles. The third-order valence-electron chi connectivity index (χ3n) is 6.37. The lowest BCUT2D eigenvalue weighted by Crippen LogP contribution is -2.51. The molecular formula is C27H33N3O4. The summed E-state index contributed by atoms with van der Waals surface area (Å²) < 4.78 is 17.4. The van der Waals surface area contributed by atoms with Crippen LogP contribution >= 0.6 is 0 Å². The van der Waals surface area contributed by atoms with Crippen molar-refractivity contribution in [2.45, 2.75) is 33.0 Å². The number of amides is 1. The number of carbonyl (C=O) groups excluding carboxylic acids is 1. The number of carbonyl (C=O) groups is 1. The quantitative estimate of drug-likeness (QED) is 0.577. The van der Waals surface area contributed by atoms with Gasteiger partial charge in [0.2, 0.25) is 0 Å². The summed E-state index contributed by atoms with van der Waals surface area (Å²) in [6.45, 7) is 9.34. The van der Waals surface area contributed by atoms with E-state index in [4.69, 9.17) is 14.2 Å². The largest absolute Gasteiger partial charge is 0.486 e. The highest BCUT2D eigenvalue weighted by Crippen LogP contribution is 2.31. The summed E-state index contributed by atoms with van der Waals surface area (Å²) in [6.07, 6.45) is 1.61. The molecule has 2 aliphatic heterocycles. The number of aromatic nitrogens is 1. The standard InChI is InChI=1S/C27H33N3O4/c1-19(2)15-30(16-20-7-8-24-25(13-20)34-12-11-33-24)27(31)26-18-29(9-10-32-26)17-21-14-28-23-6-4-3-5-22(21)23/h3-8,13-14,19,26,28H,9-12,15-18H2,1-2H3. The maximum atomic E-state index is 13.6. The average Bonchev–Trinajstić information content (AvgIpc) is 3.26. The molecule has 0 bridgehead atoms. The number of rotatable bonds is 7. The number of benzene rings is 2. The van der Waals surface area contributed by atoms with Crippen LogP contribution in [0.25, 0.3) is 10.9 Å². The molecule has 1 unspecified atom stereocenters. The minimum absolute atomic E-state index is 0.0483. The Hall–Kier alpha value is -3.03. The molecule has 180 valence electrons. The number of hydrogen-bond acceptors (Lipinski definition) is 5. The lowest BCUT2D eigenvalue weighted by Gasteiger charge is -2.35.